The largest absolute Gasteiger partial charge is 0.375 e. The summed E-state index contributed by atoms with van der Waals surface area (Å²) in [5.41, 5.74) is 18.9. The standard InChI is InChI=1S/C33H23BN2/c1-18-16-19(2)31(20(3)17-18)35-27-14-6-8-21-23-10-4-12-25-26-13-5-11-24-22-9-7-15-28(35)30(22)34(29(21)27)36(32(23)25)33(24)26/h4-17H,1-3H3. The van der Waals surface area contributed by atoms with E-state index in [1.807, 2.05) is 0 Å². The highest BCUT2D eigenvalue weighted by Gasteiger charge is 2.46. The van der Waals surface area contributed by atoms with Gasteiger partial charge >= 0.3 is 6.85 Å². The van der Waals surface area contributed by atoms with Crippen LogP contribution in [0.5, 0.6) is 0 Å². The summed E-state index contributed by atoms with van der Waals surface area (Å²) in [6.45, 7) is 6.90. The third-order valence-electron chi connectivity index (χ3n) is 8.74. The van der Waals surface area contributed by atoms with Gasteiger partial charge in [0.25, 0.3) is 0 Å². The van der Waals surface area contributed by atoms with Crippen LogP contribution in [-0.2, 0) is 0 Å². The molecule has 36 heavy (non-hydrogen) atoms. The highest BCUT2D eigenvalue weighted by molar-refractivity contribution is 6.91. The Morgan fingerprint density at radius 1 is 0.556 bits per heavy atom. The van der Waals surface area contributed by atoms with Gasteiger partial charge < -0.3 is 9.38 Å². The minimum atomic E-state index is 0.189. The number of aromatic nitrogens is 1. The highest BCUT2D eigenvalue weighted by atomic mass is 15.2. The van der Waals surface area contributed by atoms with Crippen LogP contribution < -0.4 is 15.8 Å². The monoisotopic (exact) mass is 458 g/mol. The molecule has 0 amide bonds. The van der Waals surface area contributed by atoms with Gasteiger partial charge in [0, 0.05) is 44.3 Å². The summed E-state index contributed by atoms with van der Waals surface area (Å²) in [7, 11) is 0. The van der Waals surface area contributed by atoms with Crippen molar-refractivity contribution in [1.82, 2.24) is 4.48 Å². The number of hydrogen-bond donors (Lipinski definition) is 0. The lowest BCUT2D eigenvalue weighted by Crippen LogP contribution is -2.58. The van der Waals surface area contributed by atoms with Crippen LogP contribution in [0.15, 0.2) is 84.9 Å². The van der Waals surface area contributed by atoms with E-state index in [9.17, 15) is 0 Å². The fraction of sp³-hybridized carbons (Fsp3) is 0.0909. The first kappa shape index (κ1) is 19.0. The van der Waals surface area contributed by atoms with E-state index >= 15 is 0 Å². The number of rotatable bonds is 1. The van der Waals surface area contributed by atoms with Gasteiger partial charge in [0.2, 0.25) is 0 Å². The lowest BCUT2D eigenvalue weighted by atomic mass is 9.43. The lowest BCUT2D eigenvalue weighted by molar-refractivity contribution is 1.19. The van der Waals surface area contributed by atoms with Crippen molar-refractivity contribution in [3.8, 4) is 22.3 Å². The molecule has 3 aliphatic rings. The summed E-state index contributed by atoms with van der Waals surface area (Å²) >= 11 is 0. The smallest absolute Gasteiger partial charge is 0.333 e. The fourth-order valence-electron chi connectivity index (χ4n) is 7.68. The molecule has 1 aromatic heterocycles. The van der Waals surface area contributed by atoms with Gasteiger partial charge in [0.15, 0.2) is 0 Å². The second kappa shape index (κ2) is 6.11. The predicted molar refractivity (Wildman–Crippen MR) is 153 cm³/mol. The first-order valence-corrected chi connectivity index (χ1v) is 12.8. The molecule has 0 saturated heterocycles. The normalized spacial score (nSPS) is 13.9. The summed E-state index contributed by atoms with van der Waals surface area (Å²) in [6.07, 6.45) is 0. The van der Waals surface area contributed by atoms with Crippen molar-refractivity contribution in [3.63, 3.8) is 0 Å². The molecule has 0 N–H and O–H groups in total. The number of hydrogen-bond acceptors (Lipinski definition) is 1. The Hall–Kier alpha value is -4.24. The molecule has 9 rings (SSSR count). The molecular formula is C33H23BN2. The van der Waals surface area contributed by atoms with Crippen molar-refractivity contribution >= 4 is 56.6 Å². The van der Waals surface area contributed by atoms with Crippen LogP contribution in [0.25, 0.3) is 44.1 Å². The SMILES string of the molecule is Cc1cc(C)c(N2c3cccc4c3B3c5c(cccc52)-c2cccc5c6cccc-4c6n3c25)c(C)c1. The number of nitrogens with zero attached hydrogens (tertiary/aromatic N) is 2. The number of fused-ring (bicyclic) bond motifs is 3. The number of benzene rings is 5. The Bertz CT molecular complexity index is 1860. The molecule has 0 unspecified atom stereocenters. The Morgan fingerprint density at radius 2 is 1.03 bits per heavy atom. The molecule has 3 aliphatic heterocycles. The van der Waals surface area contributed by atoms with Gasteiger partial charge in [-0.25, -0.2) is 0 Å². The fourth-order valence-corrected chi connectivity index (χ4v) is 7.68. The third-order valence-corrected chi connectivity index (χ3v) is 8.74. The van der Waals surface area contributed by atoms with Gasteiger partial charge in [-0.1, -0.05) is 78.4 Å². The maximum absolute atomic E-state index is 2.67. The molecule has 0 bridgehead atoms. The van der Waals surface area contributed by atoms with E-state index in [0.717, 1.165) is 0 Å². The summed E-state index contributed by atoms with van der Waals surface area (Å²) in [5.74, 6) is 0. The summed E-state index contributed by atoms with van der Waals surface area (Å²) in [5, 5.41) is 2.73. The Kier molecular flexibility index (Phi) is 3.23. The quantitative estimate of drug-likeness (QED) is 0.238. The third kappa shape index (κ3) is 1.97. The van der Waals surface area contributed by atoms with E-state index in [1.165, 1.54) is 88.7 Å². The second-order valence-electron chi connectivity index (χ2n) is 10.7. The summed E-state index contributed by atoms with van der Waals surface area (Å²) < 4.78 is 2.67. The van der Waals surface area contributed by atoms with Crippen molar-refractivity contribution in [1.29, 1.82) is 0 Å². The number of anilines is 3. The Morgan fingerprint density at radius 3 is 1.56 bits per heavy atom. The Balaban J connectivity index is 1.54. The van der Waals surface area contributed by atoms with Gasteiger partial charge in [0.05, 0.1) is 5.69 Å². The number of aryl methyl sites for hydroxylation is 3. The molecule has 2 nitrogen and oxygen atoms in total. The molecule has 0 fully saturated rings. The maximum atomic E-state index is 2.67. The van der Waals surface area contributed by atoms with Crippen molar-refractivity contribution in [3.05, 3.63) is 102 Å². The van der Waals surface area contributed by atoms with E-state index in [2.05, 4.69) is 115 Å². The van der Waals surface area contributed by atoms with Gasteiger partial charge in [-0.2, -0.15) is 0 Å². The van der Waals surface area contributed by atoms with Crippen molar-refractivity contribution in [2.24, 2.45) is 0 Å². The molecule has 0 spiro atoms. The Labute approximate surface area is 210 Å². The molecule has 0 aliphatic carbocycles. The van der Waals surface area contributed by atoms with Crippen LogP contribution in [0.1, 0.15) is 16.7 Å². The molecule has 3 heteroatoms. The lowest BCUT2D eigenvalue weighted by Gasteiger charge is -2.43. The van der Waals surface area contributed by atoms with E-state index in [4.69, 9.17) is 0 Å². The first-order chi connectivity index (χ1) is 17.6. The zero-order valence-electron chi connectivity index (χ0n) is 20.6. The van der Waals surface area contributed by atoms with Crippen LogP contribution in [0.4, 0.5) is 17.1 Å². The van der Waals surface area contributed by atoms with E-state index in [1.54, 1.807) is 0 Å². The molecule has 0 saturated carbocycles. The van der Waals surface area contributed by atoms with Crippen LogP contribution in [-0.4, -0.2) is 11.3 Å². The van der Waals surface area contributed by atoms with E-state index in [0.29, 0.717) is 0 Å². The van der Waals surface area contributed by atoms with Crippen molar-refractivity contribution in [2.45, 2.75) is 20.8 Å². The average Bonchev–Trinajstić information content (AvgIpc) is 3.22. The molecule has 4 heterocycles. The van der Waals surface area contributed by atoms with E-state index < -0.39 is 0 Å². The summed E-state index contributed by atoms with van der Waals surface area (Å²) in [6, 6.07) is 32.2. The predicted octanol–water partition coefficient (Wildman–Crippen LogP) is 7.12. The van der Waals surface area contributed by atoms with Crippen molar-refractivity contribution in [2.75, 3.05) is 4.90 Å². The van der Waals surface area contributed by atoms with E-state index in [-0.39, 0.29) is 6.85 Å². The minimum Gasteiger partial charge on any atom is -0.375 e. The van der Waals surface area contributed by atoms with Crippen LogP contribution >= 0.6 is 0 Å². The summed E-state index contributed by atoms with van der Waals surface area (Å²) in [4.78, 5) is 2.55. The molecule has 168 valence electrons. The van der Waals surface area contributed by atoms with Gasteiger partial charge in [0.1, 0.15) is 0 Å². The molecule has 6 aromatic rings. The zero-order chi connectivity index (χ0) is 23.9. The van der Waals surface area contributed by atoms with Crippen molar-refractivity contribution < 1.29 is 0 Å². The minimum absolute atomic E-state index is 0.189. The first-order valence-electron chi connectivity index (χ1n) is 12.8. The van der Waals surface area contributed by atoms with Crippen LogP contribution in [0.2, 0.25) is 0 Å². The topological polar surface area (TPSA) is 8.17 Å². The average molecular weight is 458 g/mol. The molecule has 0 radical (unpaired) electrons. The van der Waals surface area contributed by atoms with Gasteiger partial charge in [-0.05, 0) is 66.1 Å². The van der Waals surface area contributed by atoms with Gasteiger partial charge in [-0.15, -0.1) is 0 Å². The molecular weight excluding hydrogens is 435 g/mol. The highest BCUT2D eigenvalue weighted by Crippen LogP contribution is 2.50. The molecule has 0 atom stereocenters. The second-order valence-corrected chi connectivity index (χ2v) is 10.7. The van der Waals surface area contributed by atoms with Crippen LogP contribution in [0, 0.1) is 20.8 Å². The number of para-hydroxylation sites is 2. The van der Waals surface area contributed by atoms with Gasteiger partial charge in [-0.3, -0.25) is 0 Å². The maximum Gasteiger partial charge on any atom is 0.333 e. The van der Waals surface area contributed by atoms with Crippen LogP contribution in [0.3, 0.4) is 0 Å². The molecule has 5 aromatic carbocycles. The zero-order valence-corrected chi connectivity index (χ0v) is 20.6.